The lowest BCUT2D eigenvalue weighted by Gasteiger charge is -2.18. The second kappa shape index (κ2) is 7.49. The Morgan fingerprint density at radius 1 is 1.48 bits per heavy atom. The first-order chi connectivity index (χ1) is 10.2. The number of aromatic nitrogens is 2. The molecule has 2 rings (SSSR count). The van der Waals surface area contributed by atoms with Crippen molar-refractivity contribution in [1.82, 2.24) is 15.5 Å². The van der Waals surface area contributed by atoms with Crippen LogP contribution in [0.4, 0.5) is 5.69 Å². The van der Waals surface area contributed by atoms with Gasteiger partial charge in [0.15, 0.2) is 5.82 Å². The zero-order chi connectivity index (χ0) is 15.1. The topological polar surface area (TPSA) is 94.1 Å². The summed E-state index contributed by atoms with van der Waals surface area (Å²) in [6, 6.07) is 6.85. The Bertz CT molecular complexity index is 571. The fraction of sp³-hybridized carbons (Fsp3) is 0.429. The minimum absolute atomic E-state index is 0.0850. The van der Waals surface area contributed by atoms with Gasteiger partial charge < -0.3 is 9.84 Å². The molecule has 1 atom stereocenters. The lowest BCUT2D eigenvalue weighted by atomic mass is 10.0. The largest absolute Gasteiger partial charge is 0.343 e. The molecule has 0 saturated carbocycles. The van der Waals surface area contributed by atoms with Crippen molar-refractivity contribution in [3.8, 4) is 0 Å². The van der Waals surface area contributed by atoms with E-state index in [-0.39, 0.29) is 16.7 Å². The first kappa shape index (κ1) is 15.1. The Morgan fingerprint density at radius 3 is 3.00 bits per heavy atom. The van der Waals surface area contributed by atoms with Crippen LogP contribution < -0.4 is 5.32 Å². The number of nitro benzene ring substituents is 1. The van der Waals surface area contributed by atoms with Crippen LogP contribution in [0.5, 0.6) is 0 Å². The first-order valence-electron chi connectivity index (χ1n) is 6.93. The Kier molecular flexibility index (Phi) is 5.39. The van der Waals surface area contributed by atoms with E-state index in [9.17, 15) is 10.1 Å². The highest BCUT2D eigenvalue weighted by atomic mass is 16.6. The summed E-state index contributed by atoms with van der Waals surface area (Å²) in [5.74, 6) is 0.650. The summed E-state index contributed by atoms with van der Waals surface area (Å²) in [6.07, 6.45) is 3.86. The van der Waals surface area contributed by atoms with E-state index in [2.05, 4.69) is 26.9 Å². The summed E-state index contributed by atoms with van der Waals surface area (Å²) < 4.78 is 4.68. The van der Waals surface area contributed by atoms with E-state index < -0.39 is 0 Å². The van der Waals surface area contributed by atoms with Gasteiger partial charge >= 0.3 is 0 Å². The monoisotopic (exact) mass is 290 g/mol. The van der Waals surface area contributed by atoms with E-state index in [0.717, 1.165) is 18.4 Å². The molecule has 1 N–H and O–H groups in total. The van der Waals surface area contributed by atoms with Gasteiger partial charge in [-0.15, -0.1) is 0 Å². The molecule has 1 aromatic carbocycles. The molecular formula is C14H18N4O3. The molecular weight excluding hydrogens is 272 g/mol. The molecule has 1 aromatic heterocycles. The second-order valence-electron chi connectivity index (χ2n) is 4.74. The molecule has 0 aliphatic rings. The quantitative estimate of drug-likeness (QED) is 0.593. The molecule has 1 heterocycles. The fourth-order valence-electron chi connectivity index (χ4n) is 2.19. The summed E-state index contributed by atoms with van der Waals surface area (Å²) in [4.78, 5) is 14.5. The van der Waals surface area contributed by atoms with Gasteiger partial charge in [-0.05, 0) is 12.0 Å². The average molecular weight is 290 g/mol. The number of nitrogens with one attached hydrogen (secondary N) is 1. The van der Waals surface area contributed by atoms with Gasteiger partial charge in [-0.3, -0.25) is 10.1 Å². The highest BCUT2D eigenvalue weighted by Crippen LogP contribution is 2.22. The van der Waals surface area contributed by atoms with Crippen LogP contribution in [0.2, 0.25) is 0 Å². The smallest absolute Gasteiger partial charge is 0.269 e. The van der Waals surface area contributed by atoms with Crippen LogP contribution in [0, 0.1) is 10.1 Å². The summed E-state index contributed by atoms with van der Waals surface area (Å²) >= 11 is 0. The van der Waals surface area contributed by atoms with Gasteiger partial charge in [0.25, 0.3) is 5.69 Å². The first-order valence-corrected chi connectivity index (χ1v) is 6.93. The molecule has 0 fully saturated rings. The van der Waals surface area contributed by atoms with Gasteiger partial charge in [0, 0.05) is 31.1 Å². The van der Waals surface area contributed by atoms with E-state index in [1.807, 2.05) is 6.07 Å². The Labute approximate surface area is 122 Å². The summed E-state index contributed by atoms with van der Waals surface area (Å²) in [5, 5.41) is 18.0. The molecule has 0 aliphatic heterocycles. The fourth-order valence-corrected chi connectivity index (χ4v) is 2.19. The van der Waals surface area contributed by atoms with Crippen molar-refractivity contribution in [2.24, 2.45) is 0 Å². The van der Waals surface area contributed by atoms with Crippen LogP contribution >= 0.6 is 0 Å². The number of hydrogen-bond donors (Lipinski definition) is 1. The Balaban J connectivity index is 2.00. The van der Waals surface area contributed by atoms with Crippen LogP contribution in [-0.2, 0) is 6.42 Å². The third kappa shape index (κ3) is 4.35. The van der Waals surface area contributed by atoms with Crippen LogP contribution in [0.1, 0.15) is 37.2 Å². The minimum atomic E-state index is -0.369. The van der Waals surface area contributed by atoms with Crippen LogP contribution in [0.3, 0.4) is 0 Å². The number of nitro groups is 1. The highest BCUT2D eigenvalue weighted by Gasteiger charge is 2.14. The zero-order valence-electron chi connectivity index (χ0n) is 11.9. The number of rotatable bonds is 8. The van der Waals surface area contributed by atoms with Crippen molar-refractivity contribution in [1.29, 1.82) is 0 Å². The lowest BCUT2D eigenvalue weighted by Crippen LogP contribution is -2.24. The lowest BCUT2D eigenvalue weighted by molar-refractivity contribution is -0.384. The van der Waals surface area contributed by atoms with Crippen molar-refractivity contribution in [2.75, 3.05) is 6.54 Å². The van der Waals surface area contributed by atoms with Crippen molar-refractivity contribution >= 4 is 5.69 Å². The molecule has 0 bridgehead atoms. The predicted octanol–water partition coefficient (Wildman–Crippen LogP) is 2.65. The average Bonchev–Trinajstić information content (AvgIpc) is 3.00. The number of nitrogens with zero attached hydrogens (tertiary/aromatic N) is 3. The molecule has 21 heavy (non-hydrogen) atoms. The second-order valence-corrected chi connectivity index (χ2v) is 4.74. The van der Waals surface area contributed by atoms with E-state index in [1.54, 1.807) is 12.1 Å². The van der Waals surface area contributed by atoms with E-state index in [1.165, 1.54) is 12.5 Å². The molecule has 7 nitrogen and oxygen atoms in total. The highest BCUT2D eigenvalue weighted by molar-refractivity contribution is 5.35. The van der Waals surface area contributed by atoms with Crippen molar-refractivity contribution in [3.05, 3.63) is 52.2 Å². The van der Waals surface area contributed by atoms with Crippen molar-refractivity contribution in [3.63, 3.8) is 0 Å². The molecule has 1 unspecified atom stereocenters. The Morgan fingerprint density at radius 2 is 2.33 bits per heavy atom. The van der Waals surface area contributed by atoms with Crippen molar-refractivity contribution < 1.29 is 9.45 Å². The molecule has 0 saturated heterocycles. The number of hydrogen-bond acceptors (Lipinski definition) is 6. The maximum atomic E-state index is 10.9. The summed E-state index contributed by atoms with van der Waals surface area (Å²) in [5.41, 5.74) is 1.05. The molecule has 112 valence electrons. The van der Waals surface area contributed by atoms with Crippen LogP contribution in [0.15, 0.2) is 35.2 Å². The maximum absolute atomic E-state index is 10.9. The molecule has 0 amide bonds. The standard InChI is InChI=1S/C14H18N4O3/c1-2-4-13(15-8-7-14-16-10-21-17-14)11-5-3-6-12(9-11)18(19)20/h3,5-6,9-10,13,15H,2,4,7-8H2,1H3. The molecule has 0 aliphatic carbocycles. The van der Waals surface area contributed by atoms with Gasteiger partial charge in [0.2, 0.25) is 6.39 Å². The van der Waals surface area contributed by atoms with Crippen LogP contribution in [0.25, 0.3) is 0 Å². The molecule has 0 radical (unpaired) electrons. The van der Waals surface area contributed by atoms with Gasteiger partial charge in [-0.25, -0.2) is 0 Å². The normalized spacial score (nSPS) is 12.2. The summed E-state index contributed by atoms with van der Waals surface area (Å²) in [7, 11) is 0. The van der Waals surface area contributed by atoms with E-state index >= 15 is 0 Å². The number of non-ortho nitro benzene ring substituents is 1. The number of benzene rings is 1. The minimum Gasteiger partial charge on any atom is -0.343 e. The van der Waals surface area contributed by atoms with Gasteiger partial charge in [0.1, 0.15) is 0 Å². The van der Waals surface area contributed by atoms with Gasteiger partial charge in [-0.1, -0.05) is 30.6 Å². The van der Waals surface area contributed by atoms with Crippen molar-refractivity contribution in [2.45, 2.75) is 32.2 Å². The molecule has 7 heteroatoms. The van der Waals surface area contributed by atoms with Gasteiger partial charge in [0.05, 0.1) is 4.92 Å². The maximum Gasteiger partial charge on any atom is 0.269 e. The third-order valence-corrected chi connectivity index (χ3v) is 3.21. The van der Waals surface area contributed by atoms with E-state index in [0.29, 0.717) is 18.8 Å². The Hall–Kier alpha value is -2.28. The third-order valence-electron chi connectivity index (χ3n) is 3.21. The van der Waals surface area contributed by atoms with Gasteiger partial charge in [-0.2, -0.15) is 4.98 Å². The molecule has 0 spiro atoms. The zero-order valence-corrected chi connectivity index (χ0v) is 11.9. The van der Waals surface area contributed by atoms with E-state index in [4.69, 9.17) is 0 Å². The predicted molar refractivity (Wildman–Crippen MR) is 76.8 cm³/mol. The summed E-state index contributed by atoms with van der Waals surface area (Å²) in [6.45, 7) is 2.78. The van der Waals surface area contributed by atoms with Crippen LogP contribution in [-0.4, -0.2) is 21.6 Å². The molecule has 2 aromatic rings. The SMILES string of the molecule is CCCC(NCCc1ncon1)c1cccc([N+](=O)[O-])c1.